The second-order valence-electron chi connectivity index (χ2n) is 5.53. The minimum Gasteiger partial charge on any atom is -0.456 e. The van der Waals surface area contributed by atoms with Crippen molar-refractivity contribution in [3.8, 4) is 11.3 Å². The minimum atomic E-state index is -0.865. The summed E-state index contributed by atoms with van der Waals surface area (Å²) in [5.41, 5.74) is 0.356. The number of hydrogen-bond donors (Lipinski definition) is 2. The van der Waals surface area contributed by atoms with Crippen molar-refractivity contribution < 1.29 is 19.7 Å². The van der Waals surface area contributed by atoms with Gasteiger partial charge < -0.3 is 9.94 Å². The number of ether oxygens (including phenoxy) is 1. The van der Waals surface area contributed by atoms with Gasteiger partial charge in [0.2, 0.25) is 0 Å². The van der Waals surface area contributed by atoms with E-state index in [1.54, 1.807) is 24.3 Å². The zero-order chi connectivity index (χ0) is 19.4. The van der Waals surface area contributed by atoms with E-state index in [-0.39, 0.29) is 23.7 Å². The van der Waals surface area contributed by atoms with Crippen molar-refractivity contribution in [2.45, 2.75) is 6.61 Å². The first kappa shape index (κ1) is 17.8. The molecular weight excluding hydrogens is 352 g/mol. The van der Waals surface area contributed by atoms with E-state index >= 15 is 0 Å². The largest absolute Gasteiger partial charge is 0.456 e. The third-order valence-electron chi connectivity index (χ3n) is 3.71. The van der Waals surface area contributed by atoms with Crippen LogP contribution < -0.4 is 5.49 Å². The number of benzene rings is 2. The molecule has 0 saturated heterocycles. The van der Waals surface area contributed by atoms with E-state index in [1.165, 1.54) is 24.3 Å². The molecule has 3 rings (SSSR count). The Morgan fingerprint density at radius 3 is 2.48 bits per heavy atom. The van der Waals surface area contributed by atoms with Crippen molar-refractivity contribution >= 4 is 11.7 Å². The summed E-state index contributed by atoms with van der Waals surface area (Å²) in [5, 5.41) is 28.5. The molecule has 0 bridgehead atoms. The van der Waals surface area contributed by atoms with Crippen LogP contribution in [0.1, 0.15) is 16.1 Å². The number of esters is 1. The molecule has 0 saturated carbocycles. The maximum atomic E-state index is 12.3. The van der Waals surface area contributed by atoms with Gasteiger partial charge in [0.15, 0.2) is 11.2 Å². The summed E-state index contributed by atoms with van der Waals surface area (Å²) in [7, 11) is 0. The van der Waals surface area contributed by atoms with Crippen LogP contribution in [0.4, 0.5) is 5.69 Å². The second kappa shape index (κ2) is 7.48. The highest BCUT2D eigenvalue weighted by Crippen LogP contribution is 2.20. The lowest BCUT2D eigenvalue weighted by atomic mass is 10.1. The topological polar surface area (TPSA) is 131 Å². The predicted molar refractivity (Wildman–Crippen MR) is 92.9 cm³/mol. The highest BCUT2D eigenvalue weighted by molar-refractivity contribution is 5.87. The van der Waals surface area contributed by atoms with Gasteiger partial charge in [-0.25, -0.2) is 9.78 Å². The zero-order valence-corrected chi connectivity index (χ0v) is 13.9. The maximum absolute atomic E-state index is 12.3. The monoisotopic (exact) mass is 366 g/mol. The Kier molecular flexibility index (Phi) is 4.93. The Hall–Kier alpha value is -4.01. The molecule has 27 heavy (non-hydrogen) atoms. The Morgan fingerprint density at radius 1 is 1.19 bits per heavy atom. The highest BCUT2D eigenvalue weighted by Gasteiger charge is 2.17. The van der Waals surface area contributed by atoms with Crippen molar-refractivity contribution in [3.05, 3.63) is 87.7 Å². The Morgan fingerprint density at radius 2 is 1.85 bits per heavy atom. The number of carbonyl (C=O) groups excluding carboxylic acids is 1. The fraction of sp³-hybridized carbons (Fsp3) is 0.0556. The van der Waals surface area contributed by atoms with E-state index < -0.39 is 16.4 Å². The molecule has 9 nitrogen and oxygen atoms in total. The van der Waals surface area contributed by atoms with Crippen LogP contribution in [0, 0.1) is 15.5 Å². The molecule has 0 atom stereocenters. The number of nitro benzene ring substituents is 1. The molecule has 2 N–H and O–H groups in total. The number of nitro groups is 1. The summed E-state index contributed by atoms with van der Waals surface area (Å²) < 4.78 is 5.60. The number of nitrogens with zero attached hydrogens (tertiary/aromatic N) is 3. The van der Waals surface area contributed by atoms with Crippen LogP contribution in [0.25, 0.3) is 11.3 Å². The first-order chi connectivity index (χ1) is 13.0. The van der Waals surface area contributed by atoms with E-state index in [1.807, 2.05) is 6.07 Å². The average Bonchev–Trinajstić information content (AvgIpc) is 2.69. The summed E-state index contributed by atoms with van der Waals surface area (Å²) in [5.74, 6) is -0.865. The number of nitrogens with one attached hydrogen (secondary N) is 1. The molecule has 0 radical (unpaired) electrons. The highest BCUT2D eigenvalue weighted by atomic mass is 16.6. The van der Waals surface area contributed by atoms with E-state index in [9.17, 15) is 20.1 Å². The molecule has 0 aliphatic carbocycles. The average molecular weight is 366 g/mol. The zero-order valence-electron chi connectivity index (χ0n) is 13.9. The summed E-state index contributed by atoms with van der Waals surface area (Å²) in [6.07, 6.45) is 1.14. The number of carbonyl (C=O) groups is 1. The fourth-order valence-corrected chi connectivity index (χ4v) is 2.32. The Labute approximate surface area is 152 Å². The van der Waals surface area contributed by atoms with Gasteiger partial charge in [-0.3, -0.25) is 15.5 Å². The summed E-state index contributed by atoms with van der Waals surface area (Å²) >= 11 is 0. The standard InChI is InChI=1S/C18H14N4O5/c19-17-16(18(23)27-11-12-4-2-1-3-5-12)20-15(10-21(17)24)13-6-8-14(9-7-13)22(25)26/h1-10,19,24H,11H2. The number of hydrogen-bond acceptors (Lipinski definition) is 7. The van der Waals surface area contributed by atoms with Crippen molar-refractivity contribution in [1.82, 2.24) is 9.71 Å². The summed E-state index contributed by atoms with van der Waals surface area (Å²) in [6.45, 7) is -0.00597. The molecular formula is C18H14N4O5. The predicted octanol–water partition coefficient (Wildman–Crippen LogP) is 2.53. The fourth-order valence-electron chi connectivity index (χ4n) is 2.32. The van der Waals surface area contributed by atoms with Gasteiger partial charge in [-0.1, -0.05) is 30.3 Å². The van der Waals surface area contributed by atoms with Crippen molar-refractivity contribution in [2.24, 2.45) is 0 Å². The Bertz CT molecular complexity index is 1050. The SMILES string of the molecule is N=c1c(C(=O)OCc2ccccc2)nc(-c2ccc([N+](=O)[O-])cc2)cn1O. The van der Waals surface area contributed by atoms with Gasteiger partial charge in [0.1, 0.15) is 6.61 Å². The lowest BCUT2D eigenvalue weighted by molar-refractivity contribution is -0.384. The third kappa shape index (κ3) is 3.98. The van der Waals surface area contributed by atoms with Gasteiger partial charge in [-0.15, -0.1) is 0 Å². The Balaban J connectivity index is 1.88. The molecule has 1 heterocycles. The van der Waals surface area contributed by atoms with Crippen LogP contribution in [0.15, 0.2) is 60.8 Å². The second-order valence-corrected chi connectivity index (χ2v) is 5.53. The van der Waals surface area contributed by atoms with Crippen LogP contribution >= 0.6 is 0 Å². The van der Waals surface area contributed by atoms with Crippen molar-refractivity contribution in [1.29, 1.82) is 5.41 Å². The van der Waals surface area contributed by atoms with Crippen LogP contribution in [0.5, 0.6) is 0 Å². The van der Waals surface area contributed by atoms with E-state index in [2.05, 4.69) is 4.98 Å². The minimum absolute atomic E-state index is 0.00597. The van der Waals surface area contributed by atoms with E-state index in [4.69, 9.17) is 10.1 Å². The molecule has 0 spiro atoms. The molecule has 0 aliphatic rings. The molecule has 9 heteroatoms. The maximum Gasteiger partial charge on any atom is 0.361 e. The third-order valence-corrected chi connectivity index (χ3v) is 3.71. The first-order valence-corrected chi connectivity index (χ1v) is 7.79. The molecule has 136 valence electrons. The number of rotatable bonds is 5. The van der Waals surface area contributed by atoms with Crippen LogP contribution in [0.2, 0.25) is 0 Å². The number of aromatic nitrogens is 2. The first-order valence-electron chi connectivity index (χ1n) is 7.79. The smallest absolute Gasteiger partial charge is 0.361 e. The van der Waals surface area contributed by atoms with Gasteiger partial charge in [-0.05, 0) is 17.7 Å². The van der Waals surface area contributed by atoms with Crippen LogP contribution in [0.3, 0.4) is 0 Å². The molecule has 2 aromatic carbocycles. The van der Waals surface area contributed by atoms with Crippen molar-refractivity contribution in [3.63, 3.8) is 0 Å². The van der Waals surface area contributed by atoms with Crippen LogP contribution in [-0.4, -0.2) is 25.8 Å². The van der Waals surface area contributed by atoms with Crippen LogP contribution in [-0.2, 0) is 11.3 Å². The molecule has 0 aliphatic heterocycles. The van der Waals surface area contributed by atoms with Gasteiger partial charge in [0.25, 0.3) is 5.69 Å². The van der Waals surface area contributed by atoms with E-state index in [0.717, 1.165) is 11.8 Å². The normalized spacial score (nSPS) is 10.4. The summed E-state index contributed by atoms with van der Waals surface area (Å²) in [6, 6.07) is 14.4. The van der Waals surface area contributed by atoms with Crippen molar-refractivity contribution in [2.75, 3.05) is 0 Å². The van der Waals surface area contributed by atoms with Gasteiger partial charge in [0, 0.05) is 17.7 Å². The molecule has 0 unspecified atom stereocenters. The summed E-state index contributed by atoms with van der Waals surface area (Å²) in [4.78, 5) is 26.6. The molecule has 1 aromatic heterocycles. The lowest BCUT2D eigenvalue weighted by Crippen LogP contribution is -2.28. The molecule has 3 aromatic rings. The van der Waals surface area contributed by atoms with Gasteiger partial charge in [0.05, 0.1) is 16.8 Å². The van der Waals surface area contributed by atoms with Gasteiger partial charge in [-0.2, -0.15) is 4.73 Å². The molecule has 0 fully saturated rings. The van der Waals surface area contributed by atoms with E-state index in [0.29, 0.717) is 10.3 Å². The lowest BCUT2D eigenvalue weighted by Gasteiger charge is -2.09. The molecule has 0 amide bonds. The van der Waals surface area contributed by atoms with Gasteiger partial charge >= 0.3 is 5.97 Å². The number of non-ortho nitro benzene ring substituents is 1. The quantitative estimate of drug-likeness (QED) is 0.309.